The van der Waals surface area contributed by atoms with Crippen LogP contribution in [0, 0.1) is 0 Å². The minimum Gasteiger partial charge on any atom is -0.497 e. The summed E-state index contributed by atoms with van der Waals surface area (Å²) in [7, 11) is 1.64. The normalized spacial score (nSPS) is 13.9. The van der Waals surface area contributed by atoms with Crippen molar-refractivity contribution >= 4 is 17.6 Å². The quantitative estimate of drug-likeness (QED) is 0.688. The standard InChI is InChI=1S/C24H21NO4/c1-15(24(27)28)16-3-8-20(9-4-16)25-14-19-13-18(7-12-22(19)23(25)26)17-5-10-21(29-2)11-6-17/h3-13,15H,14H2,1-2H3,(H,27,28). The molecule has 0 radical (unpaired) electrons. The van der Waals surface area contributed by atoms with Gasteiger partial charge in [0.2, 0.25) is 0 Å². The second-order valence-electron chi connectivity index (χ2n) is 7.14. The lowest BCUT2D eigenvalue weighted by molar-refractivity contribution is -0.138. The summed E-state index contributed by atoms with van der Waals surface area (Å²) in [6.07, 6.45) is 0. The van der Waals surface area contributed by atoms with E-state index in [-0.39, 0.29) is 5.91 Å². The number of carbonyl (C=O) groups excluding carboxylic acids is 1. The third-order valence-corrected chi connectivity index (χ3v) is 5.41. The highest BCUT2D eigenvalue weighted by molar-refractivity contribution is 6.10. The van der Waals surface area contributed by atoms with Crippen LogP contribution in [0.3, 0.4) is 0 Å². The van der Waals surface area contributed by atoms with Crippen LogP contribution < -0.4 is 9.64 Å². The second-order valence-corrected chi connectivity index (χ2v) is 7.14. The van der Waals surface area contributed by atoms with Gasteiger partial charge in [0.25, 0.3) is 5.91 Å². The van der Waals surface area contributed by atoms with Crippen molar-refractivity contribution in [3.05, 3.63) is 83.4 Å². The van der Waals surface area contributed by atoms with Gasteiger partial charge in [-0.15, -0.1) is 0 Å². The highest BCUT2D eigenvalue weighted by Gasteiger charge is 2.29. The van der Waals surface area contributed by atoms with Crippen molar-refractivity contribution in [1.82, 2.24) is 0 Å². The smallest absolute Gasteiger partial charge is 0.310 e. The molecule has 0 bridgehead atoms. The SMILES string of the molecule is COc1ccc(-c2ccc3c(c2)CN(c2ccc(C(C)C(=O)O)cc2)C3=O)cc1. The maximum atomic E-state index is 12.9. The number of hydrogen-bond donors (Lipinski definition) is 1. The van der Waals surface area contributed by atoms with E-state index in [0.29, 0.717) is 17.7 Å². The van der Waals surface area contributed by atoms with Gasteiger partial charge in [0.05, 0.1) is 19.6 Å². The third-order valence-electron chi connectivity index (χ3n) is 5.41. The van der Waals surface area contributed by atoms with E-state index in [1.165, 1.54) is 0 Å². The van der Waals surface area contributed by atoms with Crippen LogP contribution in [0.4, 0.5) is 5.69 Å². The Bertz CT molecular complexity index is 1070. The number of rotatable bonds is 5. The van der Waals surface area contributed by atoms with Crippen molar-refractivity contribution < 1.29 is 19.4 Å². The molecule has 1 unspecified atom stereocenters. The lowest BCUT2D eigenvalue weighted by Gasteiger charge is -2.17. The minimum atomic E-state index is -0.867. The van der Waals surface area contributed by atoms with Crippen molar-refractivity contribution in [2.45, 2.75) is 19.4 Å². The number of carbonyl (C=O) groups is 2. The van der Waals surface area contributed by atoms with Gasteiger partial charge in [-0.25, -0.2) is 0 Å². The molecule has 5 heteroatoms. The molecule has 29 heavy (non-hydrogen) atoms. The zero-order valence-electron chi connectivity index (χ0n) is 16.3. The van der Waals surface area contributed by atoms with Crippen molar-refractivity contribution in [2.24, 2.45) is 0 Å². The average molecular weight is 387 g/mol. The molecule has 4 rings (SSSR count). The summed E-state index contributed by atoms with van der Waals surface area (Å²) in [5.41, 5.74) is 5.26. The Balaban J connectivity index is 1.59. The molecule has 1 amide bonds. The van der Waals surface area contributed by atoms with Crippen molar-refractivity contribution in [1.29, 1.82) is 0 Å². The number of aliphatic carboxylic acids is 1. The van der Waals surface area contributed by atoms with E-state index in [1.807, 2.05) is 48.5 Å². The van der Waals surface area contributed by atoms with E-state index >= 15 is 0 Å². The number of anilines is 1. The van der Waals surface area contributed by atoms with Gasteiger partial charge in [-0.1, -0.05) is 30.3 Å². The summed E-state index contributed by atoms with van der Waals surface area (Å²) in [6, 6.07) is 20.9. The molecule has 1 heterocycles. The fourth-order valence-corrected chi connectivity index (χ4v) is 3.58. The lowest BCUT2D eigenvalue weighted by Crippen LogP contribution is -2.23. The maximum absolute atomic E-state index is 12.9. The zero-order valence-corrected chi connectivity index (χ0v) is 16.3. The molecule has 1 N–H and O–H groups in total. The molecule has 0 spiro atoms. The summed E-state index contributed by atoms with van der Waals surface area (Å²) in [5, 5.41) is 9.15. The summed E-state index contributed by atoms with van der Waals surface area (Å²) >= 11 is 0. The summed E-state index contributed by atoms with van der Waals surface area (Å²) in [5.74, 6) is -0.687. The molecule has 1 aliphatic rings. The highest BCUT2D eigenvalue weighted by Crippen LogP contribution is 2.32. The molecule has 3 aromatic rings. The van der Waals surface area contributed by atoms with Crippen molar-refractivity contribution in [2.75, 3.05) is 12.0 Å². The molecule has 146 valence electrons. The van der Waals surface area contributed by atoms with Crippen molar-refractivity contribution in [3.63, 3.8) is 0 Å². The van der Waals surface area contributed by atoms with Gasteiger partial charge >= 0.3 is 5.97 Å². The molecule has 1 aliphatic heterocycles. The maximum Gasteiger partial charge on any atom is 0.310 e. The van der Waals surface area contributed by atoms with Gasteiger partial charge in [0.1, 0.15) is 5.75 Å². The number of ether oxygens (including phenoxy) is 1. The van der Waals surface area contributed by atoms with Crippen LogP contribution in [0.2, 0.25) is 0 Å². The first-order chi connectivity index (χ1) is 14.0. The largest absolute Gasteiger partial charge is 0.497 e. The number of amides is 1. The number of fused-ring (bicyclic) bond motifs is 1. The van der Waals surface area contributed by atoms with Crippen LogP contribution >= 0.6 is 0 Å². The molecule has 5 nitrogen and oxygen atoms in total. The van der Waals surface area contributed by atoms with Gasteiger partial charge in [-0.3, -0.25) is 9.59 Å². The van der Waals surface area contributed by atoms with Crippen LogP contribution in [0.15, 0.2) is 66.7 Å². The topological polar surface area (TPSA) is 66.8 Å². The molecule has 0 aliphatic carbocycles. The molecular formula is C24H21NO4. The molecule has 0 saturated carbocycles. The summed E-state index contributed by atoms with van der Waals surface area (Å²) in [6.45, 7) is 2.14. The van der Waals surface area contributed by atoms with E-state index in [2.05, 4.69) is 6.07 Å². The lowest BCUT2D eigenvalue weighted by atomic mass is 10.0. The van der Waals surface area contributed by atoms with Crippen LogP contribution in [0.5, 0.6) is 5.75 Å². The van der Waals surface area contributed by atoms with Crippen molar-refractivity contribution in [3.8, 4) is 16.9 Å². The number of hydrogen-bond acceptors (Lipinski definition) is 3. The first kappa shape index (κ1) is 18.7. The Morgan fingerprint density at radius 2 is 1.66 bits per heavy atom. The molecule has 3 aromatic carbocycles. The predicted octanol–water partition coefficient (Wildman–Crippen LogP) is 4.71. The Morgan fingerprint density at radius 1 is 1.00 bits per heavy atom. The Kier molecular flexibility index (Phi) is 4.80. The average Bonchev–Trinajstić information content (AvgIpc) is 3.09. The Labute approximate surface area is 169 Å². The number of nitrogens with zero attached hydrogens (tertiary/aromatic N) is 1. The van der Waals surface area contributed by atoms with E-state index in [0.717, 1.165) is 28.1 Å². The molecule has 0 fully saturated rings. The number of methoxy groups -OCH3 is 1. The number of carboxylic acids is 1. The monoisotopic (exact) mass is 387 g/mol. The fourth-order valence-electron chi connectivity index (χ4n) is 3.58. The summed E-state index contributed by atoms with van der Waals surface area (Å²) < 4.78 is 5.21. The van der Waals surface area contributed by atoms with Gasteiger partial charge in [-0.2, -0.15) is 0 Å². The van der Waals surface area contributed by atoms with Crippen LogP contribution in [-0.2, 0) is 11.3 Å². The Morgan fingerprint density at radius 3 is 2.28 bits per heavy atom. The Hall–Kier alpha value is -3.60. The van der Waals surface area contributed by atoms with Crippen LogP contribution in [0.25, 0.3) is 11.1 Å². The number of carboxylic acid groups (broad SMARTS) is 1. The van der Waals surface area contributed by atoms with Crippen LogP contribution in [-0.4, -0.2) is 24.1 Å². The molecule has 1 atom stereocenters. The molecule has 0 aromatic heterocycles. The van der Waals surface area contributed by atoms with Crippen LogP contribution in [0.1, 0.15) is 34.3 Å². The van der Waals surface area contributed by atoms with Gasteiger partial charge in [-0.05, 0) is 65.6 Å². The molecular weight excluding hydrogens is 366 g/mol. The van der Waals surface area contributed by atoms with E-state index in [9.17, 15) is 9.59 Å². The van der Waals surface area contributed by atoms with E-state index in [1.54, 1.807) is 31.1 Å². The second kappa shape index (κ2) is 7.43. The zero-order chi connectivity index (χ0) is 20.5. The first-order valence-electron chi connectivity index (χ1n) is 9.40. The predicted molar refractivity (Wildman–Crippen MR) is 111 cm³/mol. The van der Waals surface area contributed by atoms with Gasteiger partial charge < -0.3 is 14.7 Å². The van der Waals surface area contributed by atoms with E-state index < -0.39 is 11.9 Å². The third kappa shape index (κ3) is 3.47. The fraction of sp³-hybridized carbons (Fsp3) is 0.167. The number of benzene rings is 3. The summed E-state index contributed by atoms with van der Waals surface area (Å²) in [4.78, 5) is 25.7. The van der Waals surface area contributed by atoms with Gasteiger partial charge in [0.15, 0.2) is 0 Å². The highest BCUT2D eigenvalue weighted by atomic mass is 16.5. The minimum absolute atomic E-state index is 0.0414. The van der Waals surface area contributed by atoms with Gasteiger partial charge in [0, 0.05) is 11.3 Å². The van der Waals surface area contributed by atoms with E-state index in [4.69, 9.17) is 9.84 Å². The molecule has 0 saturated heterocycles. The first-order valence-corrected chi connectivity index (χ1v) is 9.40.